The van der Waals surface area contributed by atoms with E-state index < -0.39 is 100.0 Å². The number of carbonyl (C=O) groups excluding carboxylic acids is 5. The van der Waals surface area contributed by atoms with Crippen LogP contribution in [0.15, 0.2) is 120 Å². The van der Waals surface area contributed by atoms with Crippen molar-refractivity contribution in [3.05, 3.63) is 136 Å². The van der Waals surface area contributed by atoms with Crippen LogP contribution in [0.25, 0.3) is 0 Å². The smallest absolute Gasteiger partial charge is 0.425 e. The normalized spacial score (nSPS) is 15.6. The van der Waals surface area contributed by atoms with Gasteiger partial charge in [0.25, 0.3) is 10.1 Å². The van der Waals surface area contributed by atoms with E-state index in [9.17, 15) is 64.9 Å². The third-order valence-corrected chi connectivity index (χ3v) is 18.1. The minimum Gasteiger partial charge on any atom is -0.748 e. The standard InChI is InChI=1S/C66H87N5O16S2.CO2.2O3S/c1-65(2)51-24-11-13-26-55(51)70(41-15-17-43-88(81,82)83)57(65)38-32-47-21-19-22-48(33-39-58-66(3,4)52-25-12-14-27-56(52)71(58)42-16-18-44-89(84,85)86)61(47)87-50-35-30-46(31-36-50)45-54(63(78)79)68-59(73)28-10-8-6-5-7-9-23-49(72)34-37-53(62(76)77)69-64(80)67-40-20-29-60(74)75;2-1-3;2*1-4(2)3/h11-14,24-27,30-33,35-36,38-39,53-54H,5-10,15-23,28-29,34,37,40-45H2,1-4H3,(H7-,67,68,69,73,74,75,76,77,78,79,80,81,82,83,84,85,86);;;/t53-,54+;;;/m1.../s1. The Kier molecular flexibility index (Phi) is 36.1. The summed E-state index contributed by atoms with van der Waals surface area (Å²) < 4.78 is 127. The van der Waals surface area contributed by atoms with Crippen LogP contribution in [0.2, 0.25) is 0 Å². The number of allylic oxidation sites excluding steroid dienone is 7. The van der Waals surface area contributed by atoms with E-state index in [1.54, 1.807) is 24.3 Å². The molecule has 0 fully saturated rings. The van der Waals surface area contributed by atoms with Crippen LogP contribution in [0.5, 0.6) is 5.75 Å². The van der Waals surface area contributed by atoms with E-state index in [0.29, 0.717) is 75.1 Å². The Hall–Kier alpha value is -8.85. The van der Waals surface area contributed by atoms with E-state index >= 15 is 0 Å². The number of urea groups is 1. The third kappa shape index (κ3) is 30.7. The van der Waals surface area contributed by atoms with Gasteiger partial charge in [-0.3, -0.25) is 18.9 Å². The number of ether oxygens (including phenoxy) is 1. The van der Waals surface area contributed by atoms with Gasteiger partial charge in [-0.2, -0.15) is 22.6 Å². The Morgan fingerprint density at radius 1 is 0.670 bits per heavy atom. The van der Waals surface area contributed by atoms with E-state index in [2.05, 4.69) is 95.6 Å². The second-order valence-electron chi connectivity index (χ2n) is 24.6. The largest absolute Gasteiger partial charge is 0.748 e. The average molecular weight is 1470 g/mol. The molecular formula is C67H87N5O24S4. The van der Waals surface area contributed by atoms with Crippen LogP contribution in [-0.4, -0.2) is 162 Å². The van der Waals surface area contributed by atoms with Gasteiger partial charge < -0.3 is 45.5 Å². The van der Waals surface area contributed by atoms with Crippen LogP contribution in [-0.2, 0) is 92.3 Å². The molecule has 0 aromatic heterocycles. The predicted molar refractivity (Wildman–Crippen MR) is 362 cm³/mol. The molecule has 2 heterocycles. The number of hydrogen-bond donors (Lipinski definition) is 7. The molecular weight excluding hydrogens is 1390 g/mol. The third-order valence-electron chi connectivity index (χ3n) is 16.5. The van der Waals surface area contributed by atoms with Crippen molar-refractivity contribution in [2.24, 2.45) is 0 Å². The molecule has 2 aliphatic heterocycles. The summed E-state index contributed by atoms with van der Waals surface area (Å²) in [5, 5.41) is 35.8. The summed E-state index contributed by atoms with van der Waals surface area (Å²) in [6.45, 7) is 9.67. The summed E-state index contributed by atoms with van der Waals surface area (Å²) in [6, 6.07) is 20.1. The zero-order valence-electron chi connectivity index (χ0n) is 56.1. The van der Waals surface area contributed by atoms with Crippen molar-refractivity contribution in [1.82, 2.24) is 16.0 Å². The molecule has 0 saturated carbocycles. The number of aliphatic carboxylic acids is 3. The number of carboxylic acid groups (broad SMARTS) is 3. The number of nitrogens with zero attached hydrogens (tertiary/aromatic N) is 2. The number of benzene rings is 3. The van der Waals surface area contributed by atoms with E-state index in [1.807, 2.05) is 30.3 Å². The molecule has 1 aliphatic carbocycles. The Bertz CT molecular complexity index is 3990. The number of anilines is 1. The van der Waals surface area contributed by atoms with Crippen molar-refractivity contribution in [1.29, 1.82) is 0 Å². The van der Waals surface area contributed by atoms with Gasteiger partial charge in [0, 0.05) is 91.9 Å². The molecule has 100 heavy (non-hydrogen) atoms. The van der Waals surface area contributed by atoms with E-state index in [-0.39, 0.29) is 82.0 Å². The van der Waals surface area contributed by atoms with E-state index in [1.165, 1.54) is 0 Å². The number of para-hydroxylation sites is 2. The number of ketones is 1. The number of carboxylic acids is 3. The molecule has 548 valence electrons. The summed E-state index contributed by atoms with van der Waals surface area (Å²) >= 11 is 0. The number of fused-ring (bicyclic) bond motifs is 2. The topological polar surface area (TPSA) is 463 Å². The van der Waals surface area contributed by atoms with Gasteiger partial charge >= 0.3 is 51.3 Å². The summed E-state index contributed by atoms with van der Waals surface area (Å²) in [4.78, 5) is 90.8. The maximum Gasteiger partial charge on any atom is 0.425 e. The van der Waals surface area contributed by atoms with Gasteiger partial charge in [0.2, 0.25) is 11.6 Å². The van der Waals surface area contributed by atoms with Crippen molar-refractivity contribution in [3.8, 4) is 5.75 Å². The SMILES string of the molecule is CC1(C)C(=CC=C2CCCC(C=CC3=[N+](CCCCS(=O)(=O)O)c4ccccc4C3(C)C)=C2Oc2ccc(C[C@H](NC(=O)CCCCCCCCC(=O)CC[C@@H](NC(=O)NCCCC(=O)O)C(=O)O)C(=O)O)cc2)N(CCCCS(=O)(=O)[O-])c2ccccc21.O=C=O.O=S(=O)=O.O=S(=O)=O. The Morgan fingerprint density at radius 3 is 1.85 bits per heavy atom. The van der Waals surface area contributed by atoms with Gasteiger partial charge in [-0.25, -0.2) is 22.8 Å². The fraction of sp³-hybridized carbons (Fsp3) is 0.493. The molecule has 33 heteroatoms. The fourth-order valence-electron chi connectivity index (χ4n) is 11.7. The minimum absolute atomic E-state index is 0.0128. The lowest BCUT2D eigenvalue weighted by Crippen LogP contribution is -2.46. The first kappa shape index (κ1) is 85.4. The lowest BCUT2D eigenvalue weighted by atomic mass is 9.81. The van der Waals surface area contributed by atoms with Crippen LogP contribution < -0.4 is 25.6 Å². The molecule has 3 aromatic rings. The summed E-state index contributed by atoms with van der Waals surface area (Å²) in [5.74, 6) is -3.64. The maximum atomic E-state index is 13.1. The first-order valence-corrected chi connectivity index (χ1v) is 37.4. The van der Waals surface area contributed by atoms with Gasteiger partial charge in [0.15, 0.2) is 5.71 Å². The van der Waals surface area contributed by atoms with Crippen molar-refractivity contribution >= 4 is 100 Å². The zero-order chi connectivity index (χ0) is 74.8. The highest BCUT2D eigenvalue weighted by atomic mass is 32.2. The highest BCUT2D eigenvalue weighted by Crippen LogP contribution is 2.48. The molecule has 0 spiro atoms. The monoisotopic (exact) mass is 1470 g/mol. The lowest BCUT2D eigenvalue weighted by molar-refractivity contribution is -0.438. The van der Waals surface area contributed by atoms with Crippen LogP contribution in [0.3, 0.4) is 0 Å². The number of carbonyl (C=O) groups is 6. The molecule has 0 unspecified atom stereocenters. The second kappa shape index (κ2) is 42.3. The number of Topliss-reactive ketones (excluding diaryl/α,β-unsaturated/α-hetero) is 1. The quantitative estimate of drug-likeness (QED) is 0.0168. The van der Waals surface area contributed by atoms with Crippen LogP contribution in [0, 0.1) is 0 Å². The maximum absolute atomic E-state index is 13.1. The van der Waals surface area contributed by atoms with Gasteiger partial charge in [-0.1, -0.05) is 94.1 Å². The highest BCUT2D eigenvalue weighted by Gasteiger charge is 2.44. The van der Waals surface area contributed by atoms with Crippen molar-refractivity contribution in [2.75, 3.05) is 36.0 Å². The molecule has 7 N–H and O–H groups in total. The fourth-order valence-corrected chi connectivity index (χ4v) is 12.9. The Morgan fingerprint density at radius 2 is 1.25 bits per heavy atom. The molecule has 29 nitrogen and oxygen atoms in total. The van der Waals surface area contributed by atoms with Crippen LogP contribution in [0.4, 0.5) is 16.2 Å². The van der Waals surface area contributed by atoms with Crippen molar-refractivity contribution < 1.29 is 114 Å². The summed E-state index contributed by atoms with van der Waals surface area (Å²) in [5.41, 5.74) is 7.88. The van der Waals surface area contributed by atoms with Crippen LogP contribution in [0.1, 0.15) is 166 Å². The molecule has 0 bridgehead atoms. The van der Waals surface area contributed by atoms with Gasteiger partial charge in [0.1, 0.15) is 35.9 Å². The molecule has 0 radical (unpaired) electrons. The van der Waals surface area contributed by atoms with E-state index in [0.717, 1.165) is 70.7 Å². The van der Waals surface area contributed by atoms with Crippen LogP contribution >= 0.6 is 0 Å². The second-order valence-corrected chi connectivity index (χ2v) is 28.5. The summed E-state index contributed by atoms with van der Waals surface area (Å²) in [6.07, 6.45) is 16.8. The van der Waals surface area contributed by atoms with E-state index in [4.69, 9.17) is 44.7 Å². The first-order chi connectivity index (χ1) is 47.0. The summed E-state index contributed by atoms with van der Waals surface area (Å²) in [7, 11) is -14.7. The minimum atomic E-state index is -4.37. The average Bonchev–Trinajstić information content (AvgIpc) is 1.60. The molecule has 2 atom stereocenters. The van der Waals surface area contributed by atoms with Gasteiger partial charge in [-0.05, 0) is 131 Å². The number of unbranched alkanes of at least 4 members (excludes halogenated alkanes) is 7. The van der Waals surface area contributed by atoms with Gasteiger partial charge in [-0.15, -0.1) is 25.3 Å². The molecule has 3 aromatic carbocycles. The van der Waals surface area contributed by atoms with Crippen molar-refractivity contribution in [2.45, 2.75) is 179 Å². The molecule has 3 aliphatic rings. The number of hydrogen-bond acceptors (Lipinski definition) is 21. The Balaban J connectivity index is 0.00000220. The molecule has 0 saturated heterocycles. The number of amides is 3. The Labute approximate surface area is 584 Å². The number of rotatable bonds is 37. The lowest BCUT2D eigenvalue weighted by Gasteiger charge is -2.28. The van der Waals surface area contributed by atoms with Gasteiger partial charge in [0.05, 0.1) is 21.3 Å². The molecule has 6 rings (SSSR count). The predicted octanol–water partition coefficient (Wildman–Crippen LogP) is 7.35. The molecule has 3 amide bonds. The number of nitrogens with one attached hydrogen (secondary N) is 3. The zero-order valence-corrected chi connectivity index (χ0v) is 59.3. The highest BCUT2D eigenvalue weighted by molar-refractivity contribution is 7.85. The van der Waals surface area contributed by atoms with Crippen molar-refractivity contribution in [3.63, 3.8) is 0 Å². The first-order valence-electron chi connectivity index (χ1n) is 32.2.